The second-order valence-electron chi connectivity index (χ2n) is 3.33. The van der Waals surface area contributed by atoms with Crippen molar-refractivity contribution in [3.63, 3.8) is 0 Å². The van der Waals surface area contributed by atoms with Crippen LogP contribution in [-0.4, -0.2) is 11.1 Å². The lowest BCUT2D eigenvalue weighted by atomic mass is 9.84. The SMILES string of the molecule is CC(C)C(C(=O)O)=C1CCC1. The largest absolute Gasteiger partial charge is 0.478 e. The van der Waals surface area contributed by atoms with E-state index in [0.717, 1.165) is 18.4 Å². The first kappa shape index (κ1) is 8.31. The third-order valence-corrected chi connectivity index (χ3v) is 2.15. The first-order valence-electron chi connectivity index (χ1n) is 4.08. The Morgan fingerprint density at radius 1 is 1.45 bits per heavy atom. The van der Waals surface area contributed by atoms with Crippen molar-refractivity contribution in [1.29, 1.82) is 0 Å². The van der Waals surface area contributed by atoms with Gasteiger partial charge in [0.05, 0.1) is 0 Å². The van der Waals surface area contributed by atoms with Crippen LogP contribution in [0.1, 0.15) is 33.1 Å². The van der Waals surface area contributed by atoms with Crippen molar-refractivity contribution in [3.05, 3.63) is 11.1 Å². The summed E-state index contributed by atoms with van der Waals surface area (Å²) < 4.78 is 0. The second-order valence-corrected chi connectivity index (χ2v) is 3.33. The Morgan fingerprint density at radius 2 is 2.00 bits per heavy atom. The third kappa shape index (κ3) is 1.62. The summed E-state index contributed by atoms with van der Waals surface area (Å²) >= 11 is 0. The summed E-state index contributed by atoms with van der Waals surface area (Å²) in [5.41, 5.74) is 1.81. The summed E-state index contributed by atoms with van der Waals surface area (Å²) in [6, 6.07) is 0. The number of carbonyl (C=O) groups is 1. The highest BCUT2D eigenvalue weighted by Gasteiger charge is 2.21. The molecule has 0 aromatic heterocycles. The van der Waals surface area contributed by atoms with E-state index in [2.05, 4.69) is 0 Å². The molecule has 0 aromatic carbocycles. The predicted molar refractivity (Wildman–Crippen MR) is 43.4 cm³/mol. The molecule has 1 fully saturated rings. The molecule has 0 heterocycles. The van der Waals surface area contributed by atoms with Crippen molar-refractivity contribution in [2.24, 2.45) is 5.92 Å². The molecule has 0 amide bonds. The molecule has 0 aromatic rings. The van der Waals surface area contributed by atoms with E-state index in [9.17, 15) is 4.79 Å². The molecule has 0 bridgehead atoms. The Bertz CT molecular complexity index is 196. The van der Waals surface area contributed by atoms with Crippen LogP contribution in [0.2, 0.25) is 0 Å². The highest BCUT2D eigenvalue weighted by Crippen LogP contribution is 2.31. The highest BCUT2D eigenvalue weighted by molar-refractivity contribution is 5.88. The molecule has 1 aliphatic carbocycles. The normalized spacial score (nSPS) is 16.5. The number of aliphatic carboxylic acids is 1. The standard InChI is InChI=1S/C9H14O2/c1-6(2)8(9(10)11)7-4-3-5-7/h6H,3-5H2,1-2H3,(H,10,11). The van der Waals surface area contributed by atoms with Gasteiger partial charge in [-0.15, -0.1) is 0 Å². The first-order valence-corrected chi connectivity index (χ1v) is 4.08. The van der Waals surface area contributed by atoms with Crippen LogP contribution in [0.25, 0.3) is 0 Å². The maximum Gasteiger partial charge on any atom is 0.331 e. The van der Waals surface area contributed by atoms with Crippen molar-refractivity contribution < 1.29 is 9.90 Å². The van der Waals surface area contributed by atoms with Crippen LogP contribution in [0.15, 0.2) is 11.1 Å². The molecule has 0 atom stereocenters. The fourth-order valence-corrected chi connectivity index (χ4v) is 1.43. The molecule has 1 aliphatic rings. The van der Waals surface area contributed by atoms with Gasteiger partial charge in [-0.25, -0.2) is 4.79 Å². The van der Waals surface area contributed by atoms with Crippen molar-refractivity contribution >= 4 is 5.97 Å². The number of hydrogen-bond donors (Lipinski definition) is 1. The maximum atomic E-state index is 10.7. The van der Waals surface area contributed by atoms with Crippen LogP contribution in [0.3, 0.4) is 0 Å². The van der Waals surface area contributed by atoms with Gasteiger partial charge in [0.15, 0.2) is 0 Å². The van der Waals surface area contributed by atoms with Crippen molar-refractivity contribution in [2.75, 3.05) is 0 Å². The monoisotopic (exact) mass is 154 g/mol. The Balaban J connectivity index is 2.82. The lowest BCUT2D eigenvalue weighted by molar-refractivity contribution is -0.133. The molecule has 1 saturated carbocycles. The van der Waals surface area contributed by atoms with Gasteiger partial charge in [-0.3, -0.25) is 0 Å². The smallest absolute Gasteiger partial charge is 0.331 e. The van der Waals surface area contributed by atoms with Crippen LogP contribution in [0, 0.1) is 5.92 Å². The van der Waals surface area contributed by atoms with Gasteiger partial charge in [0.2, 0.25) is 0 Å². The zero-order chi connectivity index (χ0) is 8.43. The Labute approximate surface area is 66.9 Å². The van der Waals surface area contributed by atoms with Crippen LogP contribution in [0.4, 0.5) is 0 Å². The highest BCUT2D eigenvalue weighted by atomic mass is 16.4. The average Bonchev–Trinajstić information content (AvgIpc) is 1.75. The lowest BCUT2D eigenvalue weighted by Crippen LogP contribution is -2.14. The van der Waals surface area contributed by atoms with Gasteiger partial charge < -0.3 is 5.11 Å². The molecule has 1 rings (SSSR count). The van der Waals surface area contributed by atoms with E-state index >= 15 is 0 Å². The van der Waals surface area contributed by atoms with Crippen LogP contribution in [-0.2, 0) is 4.79 Å². The summed E-state index contributed by atoms with van der Waals surface area (Å²) in [5.74, 6) is -0.558. The van der Waals surface area contributed by atoms with Gasteiger partial charge in [0.25, 0.3) is 0 Å². The summed E-state index contributed by atoms with van der Waals surface area (Å²) in [6.45, 7) is 3.88. The molecule has 0 spiro atoms. The Hall–Kier alpha value is -0.790. The van der Waals surface area contributed by atoms with E-state index in [4.69, 9.17) is 5.11 Å². The second kappa shape index (κ2) is 3.07. The van der Waals surface area contributed by atoms with Crippen LogP contribution >= 0.6 is 0 Å². The molecule has 0 radical (unpaired) electrons. The molecular formula is C9H14O2. The molecule has 2 nitrogen and oxygen atoms in total. The maximum absolute atomic E-state index is 10.7. The van der Waals surface area contributed by atoms with E-state index in [0.29, 0.717) is 5.57 Å². The van der Waals surface area contributed by atoms with E-state index in [1.54, 1.807) is 0 Å². The quantitative estimate of drug-likeness (QED) is 0.619. The van der Waals surface area contributed by atoms with Crippen molar-refractivity contribution in [3.8, 4) is 0 Å². The molecule has 0 unspecified atom stereocenters. The van der Waals surface area contributed by atoms with Gasteiger partial charge in [-0.05, 0) is 25.2 Å². The van der Waals surface area contributed by atoms with Gasteiger partial charge in [-0.2, -0.15) is 0 Å². The summed E-state index contributed by atoms with van der Waals surface area (Å²) in [5, 5.41) is 8.82. The fourth-order valence-electron chi connectivity index (χ4n) is 1.43. The first-order chi connectivity index (χ1) is 5.13. The van der Waals surface area contributed by atoms with Gasteiger partial charge in [-0.1, -0.05) is 19.4 Å². The Kier molecular flexibility index (Phi) is 2.32. The molecule has 1 N–H and O–H groups in total. The molecule has 2 heteroatoms. The van der Waals surface area contributed by atoms with Crippen LogP contribution < -0.4 is 0 Å². The lowest BCUT2D eigenvalue weighted by Gasteiger charge is -2.21. The zero-order valence-electron chi connectivity index (χ0n) is 7.05. The fraction of sp³-hybridized carbons (Fsp3) is 0.667. The molecule has 62 valence electrons. The van der Waals surface area contributed by atoms with Gasteiger partial charge >= 0.3 is 5.97 Å². The van der Waals surface area contributed by atoms with E-state index < -0.39 is 5.97 Å². The summed E-state index contributed by atoms with van der Waals surface area (Å²) in [4.78, 5) is 10.7. The molecular weight excluding hydrogens is 140 g/mol. The summed E-state index contributed by atoms with van der Waals surface area (Å²) in [7, 11) is 0. The molecule has 0 aliphatic heterocycles. The number of rotatable bonds is 2. The number of carboxylic acids is 1. The summed E-state index contributed by atoms with van der Waals surface area (Å²) in [6.07, 6.45) is 3.17. The zero-order valence-corrected chi connectivity index (χ0v) is 7.05. The van der Waals surface area contributed by atoms with E-state index in [-0.39, 0.29) is 5.92 Å². The molecule has 11 heavy (non-hydrogen) atoms. The minimum atomic E-state index is -0.727. The van der Waals surface area contributed by atoms with Crippen molar-refractivity contribution in [1.82, 2.24) is 0 Å². The minimum Gasteiger partial charge on any atom is -0.478 e. The van der Waals surface area contributed by atoms with Crippen LogP contribution in [0.5, 0.6) is 0 Å². The van der Waals surface area contributed by atoms with E-state index in [1.165, 1.54) is 6.42 Å². The number of allylic oxidation sites excluding steroid dienone is 1. The number of carboxylic acid groups (broad SMARTS) is 1. The average molecular weight is 154 g/mol. The van der Waals surface area contributed by atoms with Gasteiger partial charge in [0.1, 0.15) is 0 Å². The third-order valence-electron chi connectivity index (χ3n) is 2.15. The number of hydrogen-bond acceptors (Lipinski definition) is 1. The van der Waals surface area contributed by atoms with Gasteiger partial charge in [0, 0.05) is 5.57 Å². The minimum absolute atomic E-state index is 0.169. The van der Waals surface area contributed by atoms with E-state index in [1.807, 2.05) is 13.8 Å². The predicted octanol–water partition coefficient (Wildman–Crippen LogP) is 2.21. The topological polar surface area (TPSA) is 37.3 Å². The molecule has 0 saturated heterocycles. The Morgan fingerprint density at radius 3 is 2.09 bits per heavy atom. The van der Waals surface area contributed by atoms with Crippen molar-refractivity contribution in [2.45, 2.75) is 33.1 Å².